The van der Waals surface area contributed by atoms with Crippen LogP contribution in [0.2, 0.25) is 0 Å². The van der Waals surface area contributed by atoms with Crippen molar-refractivity contribution in [3.8, 4) is 11.3 Å². The Kier molecular flexibility index (Phi) is 8.98. The molecule has 1 unspecified atom stereocenters. The van der Waals surface area contributed by atoms with Crippen LogP contribution >= 0.6 is 11.3 Å². The van der Waals surface area contributed by atoms with E-state index >= 15 is 0 Å². The van der Waals surface area contributed by atoms with Gasteiger partial charge in [0.1, 0.15) is 5.82 Å². The summed E-state index contributed by atoms with van der Waals surface area (Å²) in [5.41, 5.74) is 3.11. The molecule has 0 spiro atoms. The van der Waals surface area contributed by atoms with Gasteiger partial charge < -0.3 is 25.1 Å². The molecule has 2 aromatic heterocycles. The molecule has 1 aliphatic rings. The molecular weight excluding hydrogens is 454 g/mol. The van der Waals surface area contributed by atoms with Crippen molar-refractivity contribution in [2.75, 3.05) is 37.6 Å². The highest BCUT2D eigenvalue weighted by molar-refractivity contribution is 7.17. The average Bonchev–Trinajstić information content (AvgIpc) is 3.33. The molecule has 1 saturated heterocycles. The number of hydrogen-bond acceptors (Lipinski definition) is 7. The van der Waals surface area contributed by atoms with Crippen molar-refractivity contribution < 1.29 is 24.9 Å². The van der Waals surface area contributed by atoms with Crippen LogP contribution in [0.4, 0.5) is 5.82 Å². The van der Waals surface area contributed by atoms with E-state index in [-0.39, 0.29) is 6.10 Å². The number of carboxylic acid groups (broad SMARTS) is 2. The number of pyridine rings is 1. The van der Waals surface area contributed by atoms with E-state index in [1.54, 1.807) is 11.3 Å². The van der Waals surface area contributed by atoms with Gasteiger partial charge in [0.2, 0.25) is 0 Å². The number of hydrogen-bond donors (Lipinski definition) is 3. The predicted octanol–water partition coefficient (Wildman–Crippen LogP) is 4.09. The summed E-state index contributed by atoms with van der Waals surface area (Å²) >= 11 is 1.78. The summed E-state index contributed by atoms with van der Waals surface area (Å²) in [5, 5.41) is 28.4. The van der Waals surface area contributed by atoms with Crippen LogP contribution in [-0.4, -0.2) is 69.9 Å². The Bertz CT molecular complexity index is 1100. The average molecular weight is 486 g/mol. The minimum atomic E-state index is -1.82. The smallest absolute Gasteiger partial charge is 0.414 e. The number of piperazine rings is 1. The number of carboxylic acids is 2. The molecular formula is C25H31N3O5S. The fourth-order valence-electron chi connectivity index (χ4n) is 3.93. The minimum absolute atomic E-state index is 0.378. The molecule has 3 heterocycles. The van der Waals surface area contributed by atoms with Crippen molar-refractivity contribution in [1.82, 2.24) is 9.88 Å². The third-order valence-corrected chi connectivity index (χ3v) is 6.75. The lowest BCUT2D eigenvalue weighted by molar-refractivity contribution is -0.159. The van der Waals surface area contributed by atoms with Crippen LogP contribution in [0.15, 0.2) is 41.8 Å². The van der Waals surface area contributed by atoms with Crippen molar-refractivity contribution in [1.29, 1.82) is 0 Å². The van der Waals surface area contributed by atoms with Crippen LogP contribution in [-0.2, 0) is 9.59 Å². The number of carbonyl (C=O) groups is 2. The molecule has 0 bridgehead atoms. The maximum Gasteiger partial charge on any atom is 0.414 e. The topological polar surface area (TPSA) is 114 Å². The van der Waals surface area contributed by atoms with E-state index in [4.69, 9.17) is 24.8 Å². The highest BCUT2D eigenvalue weighted by Gasteiger charge is 2.20. The van der Waals surface area contributed by atoms with Gasteiger partial charge in [0.25, 0.3) is 0 Å². The van der Waals surface area contributed by atoms with E-state index in [2.05, 4.69) is 53.3 Å². The van der Waals surface area contributed by atoms with Gasteiger partial charge in [-0.25, -0.2) is 14.6 Å². The lowest BCUT2D eigenvalue weighted by atomic mass is 10.0. The molecule has 0 amide bonds. The van der Waals surface area contributed by atoms with Crippen molar-refractivity contribution >= 4 is 39.2 Å². The second-order valence-electron chi connectivity index (χ2n) is 8.12. The second kappa shape index (κ2) is 11.9. The van der Waals surface area contributed by atoms with E-state index in [0.29, 0.717) is 0 Å². The number of rotatable bonds is 6. The van der Waals surface area contributed by atoms with Crippen LogP contribution in [0.3, 0.4) is 0 Å². The second-order valence-corrected chi connectivity index (χ2v) is 9.07. The number of benzene rings is 1. The predicted molar refractivity (Wildman–Crippen MR) is 135 cm³/mol. The quantitative estimate of drug-likeness (QED) is 0.447. The molecule has 1 atom stereocenters. The van der Waals surface area contributed by atoms with Gasteiger partial charge in [-0.2, -0.15) is 0 Å². The van der Waals surface area contributed by atoms with E-state index < -0.39 is 11.9 Å². The van der Waals surface area contributed by atoms with Crippen molar-refractivity contribution in [2.24, 2.45) is 0 Å². The molecule has 0 radical (unpaired) electrons. The van der Waals surface area contributed by atoms with Crippen LogP contribution in [0.1, 0.15) is 38.4 Å². The van der Waals surface area contributed by atoms with Gasteiger partial charge in [-0.15, -0.1) is 11.3 Å². The normalized spacial score (nSPS) is 15.0. The zero-order chi connectivity index (χ0) is 24.7. The maximum atomic E-state index is 10.2. The molecule has 1 fully saturated rings. The minimum Gasteiger partial charge on any atom is -0.473 e. The van der Waals surface area contributed by atoms with Gasteiger partial charge in [-0.3, -0.25) is 0 Å². The number of anilines is 1. The number of aliphatic carboxylic acids is 2. The summed E-state index contributed by atoms with van der Waals surface area (Å²) in [6.45, 7) is 9.68. The third-order valence-electron chi connectivity index (χ3n) is 5.89. The first kappa shape index (κ1) is 25.6. The van der Waals surface area contributed by atoms with Crippen molar-refractivity contribution in [3.05, 3.63) is 47.3 Å². The van der Waals surface area contributed by atoms with Gasteiger partial charge in [-0.1, -0.05) is 44.5 Å². The van der Waals surface area contributed by atoms with Crippen LogP contribution in [0, 0.1) is 0 Å². The van der Waals surface area contributed by atoms with Gasteiger partial charge in [-0.05, 0) is 36.0 Å². The van der Waals surface area contributed by atoms with Crippen molar-refractivity contribution in [3.63, 3.8) is 0 Å². The standard InChI is InChI=1S/C23H29N3OS.C2H2O4/c1-3-5-21(27)18-8-6-17(7-9-18)20-16-22-19(10-15-28-22)23(24-20)26-13-11-25(4-2)12-14-26;3-1(4)2(5)6/h6-10,15-16,21,27H,3-5,11-14H2,1-2H3;(H,3,4)(H,5,6). The number of aliphatic hydroxyl groups excluding tert-OH is 1. The van der Waals surface area contributed by atoms with E-state index in [9.17, 15) is 5.11 Å². The molecule has 0 saturated carbocycles. The van der Waals surface area contributed by atoms with Gasteiger partial charge in [0.15, 0.2) is 0 Å². The summed E-state index contributed by atoms with van der Waals surface area (Å²) in [7, 11) is 0. The first-order chi connectivity index (χ1) is 16.3. The SMILES string of the molecule is CCCC(O)c1ccc(-c2cc3sccc3c(N3CCN(CC)CC3)n2)cc1.O=C(O)C(=O)O. The summed E-state index contributed by atoms with van der Waals surface area (Å²) in [6, 6.07) is 12.7. The van der Waals surface area contributed by atoms with E-state index in [1.165, 1.54) is 10.1 Å². The first-order valence-corrected chi connectivity index (χ1v) is 12.3. The molecule has 9 heteroatoms. The Morgan fingerprint density at radius 2 is 1.68 bits per heavy atom. The molecule has 3 aromatic rings. The molecule has 182 valence electrons. The molecule has 8 nitrogen and oxygen atoms in total. The third kappa shape index (κ3) is 6.31. The monoisotopic (exact) mass is 485 g/mol. The molecule has 3 N–H and O–H groups in total. The van der Waals surface area contributed by atoms with Crippen LogP contribution in [0.5, 0.6) is 0 Å². The Balaban J connectivity index is 0.000000481. The zero-order valence-corrected chi connectivity index (χ0v) is 20.3. The fourth-order valence-corrected chi connectivity index (χ4v) is 4.75. The highest BCUT2D eigenvalue weighted by atomic mass is 32.1. The number of thiophene rings is 1. The number of aliphatic hydroxyl groups is 1. The molecule has 1 aromatic carbocycles. The summed E-state index contributed by atoms with van der Waals surface area (Å²) < 4.78 is 1.29. The van der Waals surface area contributed by atoms with E-state index in [1.807, 2.05) is 12.1 Å². The largest absolute Gasteiger partial charge is 0.473 e. The molecule has 1 aliphatic heterocycles. The molecule has 0 aliphatic carbocycles. The van der Waals surface area contributed by atoms with E-state index in [0.717, 1.165) is 68.2 Å². The Labute approximate surface area is 203 Å². The molecule has 4 rings (SSSR count). The number of likely N-dealkylation sites (N-methyl/N-ethyl adjacent to an activating group) is 1. The van der Waals surface area contributed by atoms with Gasteiger partial charge in [0, 0.05) is 41.8 Å². The van der Waals surface area contributed by atoms with Gasteiger partial charge in [0.05, 0.1) is 11.8 Å². The Hall–Kier alpha value is -3.01. The Morgan fingerprint density at radius 3 is 2.24 bits per heavy atom. The number of fused-ring (bicyclic) bond motifs is 1. The summed E-state index contributed by atoms with van der Waals surface area (Å²) in [6.07, 6.45) is 1.40. The number of aromatic nitrogens is 1. The number of nitrogens with zero attached hydrogens (tertiary/aromatic N) is 3. The summed E-state index contributed by atoms with van der Waals surface area (Å²) in [4.78, 5) is 28.2. The lowest BCUT2D eigenvalue weighted by Crippen LogP contribution is -2.46. The zero-order valence-electron chi connectivity index (χ0n) is 19.5. The lowest BCUT2D eigenvalue weighted by Gasteiger charge is -2.35. The van der Waals surface area contributed by atoms with Crippen LogP contribution < -0.4 is 4.90 Å². The van der Waals surface area contributed by atoms with Crippen molar-refractivity contribution in [2.45, 2.75) is 32.8 Å². The fraction of sp³-hybridized carbons (Fsp3) is 0.400. The molecule has 34 heavy (non-hydrogen) atoms. The first-order valence-electron chi connectivity index (χ1n) is 11.4. The summed E-state index contributed by atoms with van der Waals surface area (Å²) in [5.74, 6) is -2.54. The van der Waals surface area contributed by atoms with Gasteiger partial charge >= 0.3 is 11.9 Å². The maximum absolute atomic E-state index is 10.2. The Morgan fingerprint density at radius 1 is 1.03 bits per heavy atom. The highest BCUT2D eigenvalue weighted by Crippen LogP contribution is 2.34. The van der Waals surface area contributed by atoms with Crippen LogP contribution in [0.25, 0.3) is 21.3 Å².